The average molecular weight is 968 g/mol. The first-order valence-corrected chi connectivity index (χ1v) is 22.9. The number of halogens is 2. The molecule has 0 saturated carbocycles. The monoisotopic (exact) mass is 966 g/mol. The SMILES string of the molecule is Cc1sc2c(c1C)C(c1ccc(Cl)cc1)=NC(C)c1nnc(C)n1-2.O=CNCc1cn(CCOCCOCCOCCOc2ccc(-c3nc(CC(=O)NCC(=O)O)cs3)c(Cl)c2)nn1. The van der Waals surface area contributed by atoms with E-state index >= 15 is 0 Å². The number of thiazole rings is 1. The van der Waals surface area contributed by atoms with Gasteiger partial charge in [-0.1, -0.05) is 40.5 Å². The van der Waals surface area contributed by atoms with Crippen molar-refractivity contribution in [3.05, 3.63) is 109 Å². The van der Waals surface area contributed by atoms with Gasteiger partial charge in [-0.05, 0) is 63.6 Å². The highest BCUT2D eigenvalue weighted by atomic mass is 35.5. The van der Waals surface area contributed by atoms with Crippen molar-refractivity contribution in [3.63, 3.8) is 0 Å². The Labute approximate surface area is 392 Å². The van der Waals surface area contributed by atoms with Crippen LogP contribution in [0.1, 0.15) is 57.6 Å². The van der Waals surface area contributed by atoms with Gasteiger partial charge in [-0.3, -0.25) is 23.9 Å². The fraction of sp³-hybridized carbons (Fsp3) is 0.372. The van der Waals surface area contributed by atoms with Gasteiger partial charge >= 0.3 is 5.97 Å². The number of hydrogen-bond acceptors (Lipinski definition) is 15. The number of aliphatic imine (C=N–C) groups is 1. The molecule has 1 aliphatic rings. The molecule has 3 N–H and O–H groups in total. The van der Waals surface area contributed by atoms with E-state index in [4.69, 9.17) is 52.2 Å². The number of fused-ring (bicyclic) bond motifs is 3. The molecule has 0 radical (unpaired) electrons. The van der Waals surface area contributed by atoms with Gasteiger partial charge < -0.3 is 34.7 Å². The molecule has 2 amide bonds. The van der Waals surface area contributed by atoms with E-state index < -0.39 is 18.4 Å². The third-order valence-corrected chi connectivity index (χ3v) is 12.3. The molecule has 2 aromatic carbocycles. The summed E-state index contributed by atoms with van der Waals surface area (Å²) < 4.78 is 26.0. The van der Waals surface area contributed by atoms with Gasteiger partial charge in [0, 0.05) is 32.0 Å². The molecule has 0 aliphatic carbocycles. The molecule has 6 aromatic rings. The van der Waals surface area contributed by atoms with Crippen LogP contribution in [0.4, 0.5) is 0 Å². The van der Waals surface area contributed by atoms with Gasteiger partial charge in [-0.15, -0.1) is 38.0 Å². The second kappa shape index (κ2) is 24.1. The van der Waals surface area contributed by atoms with Crippen LogP contribution >= 0.6 is 45.9 Å². The average Bonchev–Trinajstić information content (AvgIpc) is 4.08. The van der Waals surface area contributed by atoms with Crippen LogP contribution in [0.2, 0.25) is 10.0 Å². The highest BCUT2D eigenvalue weighted by Gasteiger charge is 2.29. The fourth-order valence-corrected chi connectivity index (χ4v) is 8.87. The standard InChI is InChI=1S/C25H31ClN6O8S.C18H17ClN4S/c26-22-12-20(1-2-21(22)25-29-18(16-41-25)11-23(34)28-14-24(35)36)40-10-9-39-8-7-38-6-5-37-4-3-32-15-19(30-31-32)13-27-17-33;1-9-11(3)24-18-15(9)16(13-5-7-14(19)8-6-13)20-10(2)17-22-21-12(4)23(17)18/h1-2,12,15-17H,3-11,13-14H2,(H,27,33)(H,28,34)(H,35,36);5-8,10H,1-4H3. The second-order valence-corrected chi connectivity index (χ2v) is 17.3. The largest absolute Gasteiger partial charge is 0.491 e. The Bertz CT molecular complexity index is 2580. The number of aromatic nitrogens is 7. The topological polar surface area (TPSA) is 219 Å². The molecule has 0 spiro atoms. The van der Waals surface area contributed by atoms with Gasteiger partial charge in [0.2, 0.25) is 12.3 Å². The number of amides is 2. The zero-order chi connectivity index (χ0) is 46.3. The lowest BCUT2D eigenvalue weighted by Crippen LogP contribution is -2.30. The maximum absolute atomic E-state index is 11.8. The lowest BCUT2D eigenvalue weighted by molar-refractivity contribution is -0.137. The summed E-state index contributed by atoms with van der Waals surface area (Å²) in [6.07, 6.45) is 2.35. The lowest BCUT2D eigenvalue weighted by atomic mass is 10.00. The summed E-state index contributed by atoms with van der Waals surface area (Å²) in [6, 6.07) is 13.1. The van der Waals surface area contributed by atoms with E-state index in [0.29, 0.717) is 98.5 Å². The predicted molar refractivity (Wildman–Crippen MR) is 247 cm³/mol. The Balaban J connectivity index is 0.000000245. The number of thiophene rings is 1. The molecule has 1 atom stereocenters. The molecule has 65 heavy (non-hydrogen) atoms. The smallest absolute Gasteiger partial charge is 0.322 e. The zero-order valence-electron chi connectivity index (χ0n) is 36.1. The molecule has 5 heterocycles. The Morgan fingerprint density at radius 2 is 1.65 bits per heavy atom. The summed E-state index contributed by atoms with van der Waals surface area (Å²) in [5.74, 6) is 0.842. The van der Waals surface area contributed by atoms with Crippen molar-refractivity contribution in [1.82, 2.24) is 45.4 Å². The van der Waals surface area contributed by atoms with Gasteiger partial charge in [0.1, 0.15) is 46.5 Å². The number of carbonyl (C=O) groups is 3. The van der Waals surface area contributed by atoms with Crippen LogP contribution in [0.5, 0.6) is 5.75 Å². The summed E-state index contributed by atoms with van der Waals surface area (Å²) >= 11 is 15.6. The van der Waals surface area contributed by atoms with Crippen LogP contribution in [0.15, 0.2) is 59.0 Å². The van der Waals surface area contributed by atoms with Crippen LogP contribution in [0.25, 0.3) is 15.6 Å². The second-order valence-electron chi connectivity index (χ2n) is 14.4. The number of aliphatic carboxylic acids is 1. The maximum Gasteiger partial charge on any atom is 0.322 e. The summed E-state index contributed by atoms with van der Waals surface area (Å²) in [6.45, 7) is 11.7. The van der Waals surface area contributed by atoms with Gasteiger partial charge in [-0.2, -0.15) is 0 Å². The first kappa shape index (κ1) is 48.8. The predicted octanol–water partition coefficient (Wildman–Crippen LogP) is 5.99. The zero-order valence-corrected chi connectivity index (χ0v) is 39.2. The van der Waals surface area contributed by atoms with Crippen LogP contribution in [-0.2, 0) is 48.1 Å². The number of rotatable bonds is 22. The Hall–Kier alpha value is -5.61. The molecule has 4 aromatic heterocycles. The van der Waals surface area contributed by atoms with Crippen LogP contribution in [0, 0.1) is 20.8 Å². The number of aryl methyl sites for hydroxylation is 2. The van der Waals surface area contributed by atoms with Gasteiger partial charge in [0.25, 0.3) is 0 Å². The third kappa shape index (κ3) is 13.7. The van der Waals surface area contributed by atoms with E-state index in [-0.39, 0.29) is 12.5 Å². The Morgan fingerprint density at radius 1 is 0.923 bits per heavy atom. The summed E-state index contributed by atoms with van der Waals surface area (Å²) in [4.78, 5) is 43.4. The van der Waals surface area contributed by atoms with Crippen molar-refractivity contribution in [2.75, 3.05) is 52.8 Å². The molecular weight excluding hydrogens is 920 g/mol. The Kier molecular flexibility index (Phi) is 18.1. The van der Waals surface area contributed by atoms with E-state index in [1.54, 1.807) is 45.8 Å². The minimum absolute atomic E-state index is 0.0169. The van der Waals surface area contributed by atoms with Crippen LogP contribution < -0.4 is 15.4 Å². The molecule has 0 bridgehead atoms. The van der Waals surface area contributed by atoms with Crippen molar-refractivity contribution in [2.24, 2.45) is 4.99 Å². The molecule has 0 fully saturated rings. The van der Waals surface area contributed by atoms with E-state index in [9.17, 15) is 14.4 Å². The lowest BCUT2D eigenvalue weighted by Gasteiger charge is -2.09. The first-order valence-electron chi connectivity index (χ1n) is 20.4. The minimum atomic E-state index is -1.11. The number of carbonyl (C=O) groups excluding carboxylic acids is 2. The normalized spacial score (nSPS) is 12.9. The first-order chi connectivity index (χ1) is 31.4. The number of carboxylic acid groups (broad SMARTS) is 1. The van der Waals surface area contributed by atoms with Crippen molar-refractivity contribution >= 4 is 69.9 Å². The molecule has 1 unspecified atom stereocenters. The van der Waals surface area contributed by atoms with E-state index in [1.165, 1.54) is 27.3 Å². The molecule has 0 saturated heterocycles. The highest BCUT2D eigenvalue weighted by Crippen LogP contribution is 2.39. The Morgan fingerprint density at radius 3 is 2.35 bits per heavy atom. The van der Waals surface area contributed by atoms with Crippen molar-refractivity contribution in [3.8, 4) is 21.3 Å². The van der Waals surface area contributed by atoms with Crippen molar-refractivity contribution in [2.45, 2.75) is 53.2 Å². The van der Waals surface area contributed by atoms with E-state index in [2.05, 4.69) is 61.5 Å². The van der Waals surface area contributed by atoms with E-state index in [0.717, 1.165) is 32.9 Å². The number of nitrogens with one attached hydrogen (secondary N) is 2. The van der Waals surface area contributed by atoms with Gasteiger partial charge in [0.15, 0.2) is 5.82 Å². The summed E-state index contributed by atoms with van der Waals surface area (Å²) in [7, 11) is 0. The molecule has 344 valence electrons. The molecule has 1 aliphatic heterocycles. The fourth-order valence-electron chi connectivity index (χ4n) is 6.35. The number of ether oxygens (including phenoxy) is 4. The van der Waals surface area contributed by atoms with Gasteiger partial charge in [-0.25, -0.2) is 9.67 Å². The molecular formula is C43H48Cl2N10O8S2. The van der Waals surface area contributed by atoms with Crippen molar-refractivity contribution < 1.29 is 38.4 Å². The summed E-state index contributed by atoms with van der Waals surface area (Å²) in [5.41, 5.74) is 6.42. The van der Waals surface area contributed by atoms with Gasteiger partial charge in [0.05, 0.1) is 81.8 Å². The quantitative estimate of drug-likeness (QED) is 0.0527. The van der Waals surface area contributed by atoms with Crippen LogP contribution in [0.3, 0.4) is 0 Å². The molecule has 18 nitrogen and oxygen atoms in total. The highest BCUT2D eigenvalue weighted by molar-refractivity contribution is 7.15. The van der Waals surface area contributed by atoms with Crippen molar-refractivity contribution in [1.29, 1.82) is 0 Å². The third-order valence-electron chi connectivity index (χ3n) is 9.63. The van der Waals surface area contributed by atoms with E-state index in [1.807, 2.05) is 31.2 Å². The number of benzene rings is 2. The molecule has 22 heteroatoms. The number of hydrogen-bond donors (Lipinski definition) is 3. The van der Waals surface area contributed by atoms with Crippen LogP contribution in [-0.4, -0.2) is 117 Å². The number of nitrogens with zero attached hydrogens (tertiary/aromatic N) is 8. The molecule has 7 rings (SSSR count). The minimum Gasteiger partial charge on any atom is -0.491 e. The number of carboxylic acids is 1. The maximum atomic E-state index is 11.8. The summed E-state index contributed by atoms with van der Waals surface area (Å²) in [5, 5.41) is 34.7.